The predicted octanol–water partition coefficient (Wildman–Crippen LogP) is 4.66. The van der Waals surface area contributed by atoms with Gasteiger partial charge in [0, 0.05) is 12.3 Å². The van der Waals surface area contributed by atoms with Crippen LogP contribution in [-0.4, -0.2) is 21.0 Å². The van der Waals surface area contributed by atoms with Crippen LogP contribution in [0.4, 0.5) is 0 Å². The molecule has 0 radical (unpaired) electrons. The van der Waals surface area contributed by atoms with Gasteiger partial charge in [-0.2, -0.15) is 0 Å². The maximum absolute atomic E-state index is 12.7. The summed E-state index contributed by atoms with van der Waals surface area (Å²) in [6, 6.07) is 20.6. The first-order chi connectivity index (χ1) is 10.8. The second-order valence-corrected chi connectivity index (χ2v) is 8.34. The number of hydrogen-bond donors (Lipinski definition) is 0. The van der Waals surface area contributed by atoms with Crippen molar-refractivity contribution >= 4 is 21.0 Å². The van der Waals surface area contributed by atoms with E-state index in [0.29, 0.717) is 5.78 Å². The average molecular weight is 308 g/mol. The minimum absolute atomic E-state index is 0.00638. The van der Waals surface area contributed by atoms with Crippen LogP contribution in [0, 0.1) is 0 Å². The van der Waals surface area contributed by atoms with E-state index in [9.17, 15) is 4.79 Å². The molecule has 0 saturated carbocycles. The van der Waals surface area contributed by atoms with E-state index in [1.807, 2.05) is 24.3 Å². The Morgan fingerprint density at radius 2 is 1.64 bits per heavy atom. The van der Waals surface area contributed by atoms with Crippen molar-refractivity contribution in [2.45, 2.75) is 42.7 Å². The van der Waals surface area contributed by atoms with Crippen molar-refractivity contribution in [3.63, 3.8) is 0 Å². The number of carbonyl (C=O) groups excluding carboxylic acids is 1. The fraction of sp³-hybridized carbons (Fsp3) is 0.350. The van der Waals surface area contributed by atoms with Crippen LogP contribution in [0.5, 0.6) is 0 Å². The number of Topliss-reactive ketones (excluding diaryl/α,β-unsaturated/α-hetero) is 1. The van der Waals surface area contributed by atoms with Gasteiger partial charge in [-0.3, -0.25) is 4.79 Å². The number of ketones is 1. The molecule has 0 fully saturated rings. The highest BCUT2D eigenvalue weighted by Crippen LogP contribution is 2.24. The third-order valence-corrected chi connectivity index (χ3v) is 5.86. The summed E-state index contributed by atoms with van der Waals surface area (Å²) in [6.07, 6.45) is 2.63. The summed E-state index contributed by atoms with van der Waals surface area (Å²) in [5, 5.41) is 2.65. The van der Waals surface area contributed by atoms with E-state index in [1.165, 1.54) is 16.1 Å². The van der Waals surface area contributed by atoms with Crippen LogP contribution in [0.25, 0.3) is 0 Å². The summed E-state index contributed by atoms with van der Waals surface area (Å²) in [5.74, 6) is 0.409. The lowest BCUT2D eigenvalue weighted by Gasteiger charge is -2.16. The van der Waals surface area contributed by atoms with Crippen molar-refractivity contribution < 1.29 is 4.79 Å². The van der Waals surface area contributed by atoms with Crippen molar-refractivity contribution in [1.82, 2.24) is 0 Å². The molecule has 2 rings (SSSR count). The normalized spacial score (nSPS) is 11.9. The Hall–Kier alpha value is -1.36. The third kappa shape index (κ3) is 5.45. The monoisotopic (exact) mass is 308 g/mol. The van der Waals surface area contributed by atoms with Gasteiger partial charge in [0.25, 0.3) is 0 Å². The lowest BCUT2D eigenvalue weighted by molar-refractivity contribution is -0.120. The number of benzene rings is 2. The molecule has 0 aliphatic rings. The highest BCUT2D eigenvalue weighted by molar-refractivity contribution is 6.35. The minimum Gasteiger partial charge on any atom is -0.299 e. The van der Waals surface area contributed by atoms with Gasteiger partial charge < -0.3 is 0 Å². The molecule has 0 heterocycles. The molecule has 2 aromatic rings. The molecule has 0 bridgehead atoms. The van der Waals surface area contributed by atoms with Gasteiger partial charge in [0.2, 0.25) is 15.2 Å². The van der Waals surface area contributed by atoms with Crippen molar-refractivity contribution in [2.75, 3.05) is 0 Å². The lowest BCUT2D eigenvalue weighted by atomic mass is 9.87. The summed E-state index contributed by atoms with van der Waals surface area (Å²) < 4.78 is 0. The standard InChI is InChI=1S/C18H19O.C2H5.Al.H/c1-2-9-18(19)17(16-12-7-4-8-13-16)14-15-10-5-3-6-11-15;1-2;;/h3-8,10-13,17H,1-2,9,14H2;1H2,2H3;;. The molecule has 2 aromatic carbocycles. The van der Waals surface area contributed by atoms with Crippen molar-refractivity contribution in [3.8, 4) is 0 Å². The highest BCUT2D eigenvalue weighted by atomic mass is 27.1. The van der Waals surface area contributed by atoms with Crippen LogP contribution in [0.15, 0.2) is 60.7 Å². The summed E-state index contributed by atoms with van der Waals surface area (Å²) in [7, 11) is 0. The van der Waals surface area contributed by atoms with E-state index >= 15 is 0 Å². The summed E-state index contributed by atoms with van der Waals surface area (Å²) >= 11 is 0.0822. The van der Waals surface area contributed by atoms with Crippen molar-refractivity contribution in [3.05, 3.63) is 71.8 Å². The zero-order valence-corrected chi connectivity index (χ0v) is 14.9. The van der Waals surface area contributed by atoms with Crippen LogP contribution < -0.4 is 0 Å². The maximum Gasteiger partial charge on any atom is 0.236 e. The van der Waals surface area contributed by atoms with E-state index in [0.717, 1.165) is 24.8 Å². The van der Waals surface area contributed by atoms with Crippen LogP contribution in [0.3, 0.4) is 0 Å². The average Bonchev–Trinajstić information content (AvgIpc) is 2.58. The lowest BCUT2D eigenvalue weighted by Crippen LogP contribution is -2.15. The van der Waals surface area contributed by atoms with E-state index < -0.39 is 0 Å². The molecule has 0 aliphatic carbocycles. The van der Waals surface area contributed by atoms with E-state index in [1.54, 1.807) is 0 Å². The first-order valence-corrected chi connectivity index (χ1v) is 10.4. The van der Waals surface area contributed by atoms with Gasteiger partial charge in [0.15, 0.2) is 0 Å². The second kappa shape index (κ2) is 9.62. The Labute approximate surface area is 140 Å². The Bertz CT molecular complexity index is 550. The van der Waals surface area contributed by atoms with Crippen LogP contribution in [0.2, 0.25) is 10.6 Å². The quantitative estimate of drug-likeness (QED) is 0.486. The molecule has 0 spiro atoms. The molecule has 0 aromatic heterocycles. The van der Waals surface area contributed by atoms with Gasteiger partial charge in [-0.1, -0.05) is 79.3 Å². The van der Waals surface area contributed by atoms with Gasteiger partial charge in [-0.05, 0) is 17.5 Å². The van der Waals surface area contributed by atoms with Gasteiger partial charge in [-0.25, -0.2) is 0 Å². The fourth-order valence-electron chi connectivity index (χ4n) is 2.85. The Morgan fingerprint density at radius 3 is 2.27 bits per heavy atom. The zero-order chi connectivity index (χ0) is 15.6. The molecule has 1 nitrogen and oxygen atoms in total. The molecule has 0 N–H and O–H groups in total. The van der Waals surface area contributed by atoms with Gasteiger partial charge in [0.05, 0.1) is 0 Å². The van der Waals surface area contributed by atoms with E-state index in [-0.39, 0.29) is 21.1 Å². The number of hydrogen-bond acceptors (Lipinski definition) is 1. The van der Waals surface area contributed by atoms with Gasteiger partial charge in [0.1, 0.15) is 5.78 Å². The van der Waals surface area contributed by atoms with E-state index in [2.05, 4.69) is 43.3 Å². The number of rotatable bonds is 9. The first-order valence-electron chi connectivity index (χ1n) is 8.43. The largest absolute Gasteiger partial charge is 0.299 e. The van der Waals surface area contributed by atoms with Gasteiger partial charge >= 0.3 is 0 Å². The third-order valence-electron chi connectivity index (χ3n) is 4.15. The van der Waals surface area contributed by atoms with Crippen molar-refractivity contribution in [1.29, 1.82) is 0 Å². The molecule has 114 valence electrons. The zero-order valence-electron chi connectivity index (χ0n) is 13.5. The summed E-state index contributed by atoms with van der Waals surface area (Å²) in [6.45, 7) is 2.26. The predicted molar refractivity (Wildman–Crippen MR) is 96.0 cm³/mol. The molecule has 0 aliphatic heterocycles. The molecule has 0 saturated heterocycles. The maximum atomic E-state index is 12.7. The molecule has 0 amide bonds. The SMILES string of the molecule is C[CH2][AlH][CH2]CCC(=O)C(Cc1ccccc1)c1ccccc1. The highest BCUT2D eigenvalue weighted by Gasteiger charge is 2.20. The summed E-state index contributed by atoms with van der Waals surface area (Å²) in [4.78, 5) is 12.7. The molecule has 1 atom stereocenters. The fourth-order valence-corrected chi connectivity index (χ4v) is 3.96. The Kier molecular flexibility index (Phi) is 7.43. The summed E-state index contributed by atoms with van der Waals surface area (Å²) in [5.41, 5.74) is 2.40. The minimum atomic E-state index is 0.00638. The molecule has 2 heteroatoms. The van der Waals surface area contributed by atoms with E-state index in [4.69, 9.17) is 0 Å². The molecule has 1 unspecified atom stereocenters. The Balaban J connectivity index is 2.06. The first kappa shape index (κ1) is 17.0. The smallest absolute Gasteiger partial charge is 0.236 e. The van der Waals surface area contributed by atoms with Gasteiger partial charge in [-0.15, -0.1) is 5.28 Å². The van der Waals surface area contributed by atoms with Crippen LogP contribution in [0.1, 0.15) is 36.8 Å². The Morgan fingerprint density at radius 1 is 1.00 bits per heavy atom. The van der Waals surface area contributed by atoms with Crippen molar-refractivity contribution in [2.24, 2.45) is 0 Å². The molecular weight excluding hydrogens is 283 g/mol. The van der Waals surface area contributed by atoms with Crippen LogP contribution >= 0.6 is 0 Å². The molecular formula is C20H25AlO. The second-order valence-electron chi connectivity index (χ2n) is 5.93. The topological polar surface area (TPSA) is 17.1 Å². The molecule has 22 heavy (non-hydrogen) atoms. The number of carbonyl (C=O) groups is 1. The van der Waals surface area contributed by atoms with Crippen LogP contribution in [-0.2, 0) is 11.2 Å².